The number of halogens is 1. The van der Waals surface area contributed by atoms with E-state index in [-0.39, 0.29) is 11.7 Å². The van der Waals surface area contributed by atoms with Gasteiger partial charge in [-0.25, -0.2) is 4.39 Å². The fraction of sp³-hybridized carbons (Fsp3) is 0.412. The molecule has 1 aromatic heterocycles. The van der Waals surface area contributed by atoms with Gasteiger partial charge in [-0.1, -0.05) is 11.2 Å². The molecule has 0 radical (unpaired) electrons. The first-order valence-corrected chi connectivity index (χ1v) is 7.91. The van der Waals surface area contributed by atoms with E-state index in [0.717, 1.165) is 18.0 Å². The SMILES string of the molecule is CNC(=O)C1(Nc2cccc(F)c2)CCN(Cc2cc(C)on2)C1. The van der Waals surface area contributed by atoms with Crippen LogP contribution in [0.2, 0.25) is 0 Å². The van der Waals surface area contributed by atoms with Gasteiger partial charge in [0.05, 0.1) is 5.69 Å². The Hall–Kier alpha value is -2.41. The van der Waals surface area contributed by atoms with Crippen LogP contribution in [0.3, 0.4) is 0 Å². The van der Waals surface area contributed by atoms with Crippen LogP contribution in [0.15, 0.2) is 34.9 Å². The number of nitrogens with zero attached hydrogens (tertiary/aromatic N) is 2. The maximum atomic E-state index is 13.4. The predicted molar refractivity (Wildman–Crippen MR) is 88.0 cm³/mol. The Morgan fingerprint density at radius 2 is 2.29 bits per heavy atom. The number of hydrogen-bond acceptors (Lipinski definition) is 5. The Balaban J connectivity index is 1.76. The summed E-state index contributed by atoms with van der Waals surface area (Å²) in [7, 11) is 1.61. The maximum Gasteiger partial charge on any atom is 0.246 e. The molecule has 2 aromatic rings. The molecule has 3 rings (SSSR count). The number of carbonyl (C=O) groups excluding carboxylic acids is 1. The summed E-state index contributed by atoms with van der Waals surface area (Å²) < 4.78 is 18.5. The van der Waals surface area contributed by atoms with Gasteiger partial charge in [0.1, 0.15) is 17.1 Å². The van der Waals surface area contributed by atoms with Crippen LogP contribution in [0.25, 0.3) is 0 Å². The van der Waals surface area contributed by atoms with Crippen molar-refractivity contribution in [3.63, 3.8) is 0 Å². The summed E-state index contributed by atoms with van der Waals surface area (Å²) in [5.74, 6) is 0.324. The number of benzene rings is 1. The van der Waals surface area contributed by atoms with Crippen molar-refractivity contribution in [3.05, 3.63) is 47.6 Å². The van der Waals surface area contributed by atoms with Crippen molar-refractivity contribution in [1.29, 1.82) is 0 Å². The van der Waals surface area contributed by atoms with Gasteiger partial charge in [-0.3, -0.25) is 9.69 Å². The first-order chi connectivity index (χ1) is 11.5. The van der Waals surface area contributed by atoms with Gasteiger partial charge in [0, 0.05) is 38.4 Å². The lowest BCUT2D eigenvalue weighted by molar-refractivity contribution is -0.124. The van der Waals surface area contributed by atoms with Crippen molar-refractivity contribution >= 4 is 11.6 Å². The monoisotopic (exact) mass is 332 g/mol. The van der Waals surface area contributed by atoms with E-state index < -0.39 is 5.54 Å². The van der Waals surface area contributed by atoms with Crippen molar-refractivity contribution in [2.75, 3.05) is 25.5 Å². The highest BCUT2D eigenvalue weighted by Crippen LogP contribution is 2.28. The van der Waals surface area contributed by atoms with Crippen molar-refractivity contribution < 1.29 is 13.7 Å². The first kappa shape index (κ1) is 16.4. The van der Waals surface area contributed by atoms with Crippen molar-refractivity contribution in [2.45, 2.75) is 25.4 Å². The van der Waals surface area contributed by atoms with Gasteiger partial charge in [-0.15, -0.1) is 0 Å². The fourth-order valence-corrected chi connectivity index (χ4v) is 3.17. The molecule has 0 spiro atoms. The zero-order valence-corrected chi connectivity index (χ0v) is 13.8. The maximum absolute atomic E-state index is 13.4. The highest BCUT2D eigenvalue weighted by Gasteiger charge is 2.44. The van der Waals surface area contributed by atoms with Crippen LogP contribution in [0.1, 0.15) is 17.9 Å². The van der Waals surface area contributed by atoms with Crippen LogP contribution in [0.4, 0.5) is 10.1 Å². The standard InChI is InChI=1S/C17H21FN4O2/c1-12-8-15(21-24-12)10-22-7-6-17(11-22,16(23)19-2)20-14-5-3-4-13(18)9-14/h3-5,8-9,20H,6-7,10-11H2,1-2H3,(H,19,23). The van der Waals surface area contributed by atoms with Crippen LogP contribution in [-0.4, -0.2) is 41.6 Å². The minimum atomic E-state index is -0.790. The smallest absolute Gasteiger partial charge is 0.246 e. The van der Waals surface area contributed by atoms with E-state index in [9.17, 15) is 9.18 Å². The van der Waals surface area contributed by atoms with Gasteiger partial charge < -0.3 is 15.2 Å². The molecule has 24 heavy (non-hydrogen) atoms. The number of nitrogens with one attached hydrogen (secondary N) is 2. The third kappa shape index (κ3) is 3.41. The van der Waals surface area contributed by atoms with Crippen LogP contribution >= 0.6 is 0 Å². The minimum Gasteiger partial charge on any atom is -0.370 e. The quantitative estimate of drug-likeness (QED) is 0.875. The van der Waals surface area contributed by atoms with E-state index in [1.165, 1.54) is 12.1 Å². The number of aryl methyl sites for hydroxylation is 1. The Labute approximate surface area is 140 Å². The van der Waals surface area contributed by atoms with Crippen LogP contribution in [0, 0.1) is 12.7 Å². The topological polar surface area (TPSA) is 70.4 Å². The Bertz CT molecular complexity index is 733. The molecule has 1 amide bonds. The third-order valence-corrected chi connectivity index (χ3v) is 4.28. The lowest BCUT2D eigenvalue weighted by Gasteiger charge is -2.30. The van der Waals surface area contributed by atoms with Gasteiger partial charge in [-0.05, 0) is 31.5 Å². The number of amides is 1. The number of likely N-dealkylation sites (N-methyl/N-ethyl adjacent to an activating group) is 1. The molecule has 0 aliphatic carbocycles. The molecule has 1 saturated heterocycles. The van der Waals surface area contributed by atoms with Crippen molar-refractivity contribution in [1.82, 2.24) is 15.4 Å². The number of anilines is 1. The minimum absolute atomic E-state index is 0.106. The Morgan fingerprint density at radius 1 is 1.46 bits per heavy atom. The number of hydrogen-bond donors (Lipinski definition) is 2. The van der Waals surface area contributed by atoms with Gasteiger partial charge in [-0.2, -0.15) is 0 Å². The summed E-state index contributed by atoms with van der Waals surface area (Å²) in [6, 6.07) is 8.05. The summed E-state index contributed by atoms with van der Waals surface area (Å²) in [6.07, 6.45) is 0.625. The summed E-state index contributed by atoms with van der Waals surface area (Å²) in [4.78, 5) is 14.6. The summed E-state index contributed by atoms with van der Waals surface area (Å²) in [6.45, 7) is 3.71. The second kappa shape index (κ2) is 6.60. The molecule has 2 N–H and O–H groups in total. The molecular formula is C17H21FN4O2. The Kier molecular flexibility index (Phi) is 4.53. The van der Waals surface area contributed by atoms with Gasteiger partial charge in [0.15, 0.2) is 0 Å². The third-order valence-electron chi connectivity index (χ3n) is 4.28. The lowest BCUT2D eigenvalue weighted by atomic mass is 9.96. The average molecular weight is 332 g/mol. The Morgan fingerprint density at radius 3 is 2.96 bits per heavy atom. The fourth-order valence-electron chi connectivity index (χ4n) is 3.17. The highest BCUT2D eigenvalue weighted by atomic mass is 19.1. The molecule has 0 bridgehead atoms. The van der Waals surface area contributed by atoms with Crippen LogP contribution < -0.4 is 10.6 Å². The van der Waals surface area contributed by atoms with E-state index in [1.807, 2.05) is 13.0 Å². The molecule has 128 valence electrons. The lowest BCUT2D eigenvalue weighted by Crippen LogP contribution is -2.53. The summed E-state index contributed by atoms with van der Waals surface area (Å²) >= 11 is 0. The van der Waals surface area contributed by atoms with Crippen LogP contribution in [0.5, 0.6) is 0 Å². The van der Waals surface area contributed by atoms with E-state index >= 15 is 0 Å². The van der Waals surface area contributed by atoms with E-state index in [0.29, 0.717) is 25.2 Å². The number of carbonyl (C=O) groups is 1. The molecule has 2 heterocycles. The molecule has 1 aromatic carbocycles. The molecule has 1 unspecified atom stereocenters. The summed E-state index contributed by atoms with van der Waals surface area (Å²) in [5, 5.41) is 9.94. The molecule has 1 aliphatic heterocycles. The van der Waals surface area contributed by atoms with Gasteiger partial charge in [0.25, 0.3) is 0 Å². The predicted octanol–water partition coefficient (Wildman–Crippen LogP) is 1.92. The van der Waals surface area contributed by atoms with E-state index in [4.69, 9.17) is 4.52 Å². The molecule has 1 atom stereocenters. The molecule has 0 saturated carbocycles. The zero-order chi connectivity index (χ0) is 17.2. The number of aromatic nitrogens is 1. The van der Waals surface area contributed by atoms with Crippen molar-refractivity contribution in [3.8, 4) is 0 Å². The largest absolute Gasteiger partial charge is 0.370 e. The van der Waals surface area contributed by atoms with E-state index in [1.54, 1.807) is 19.2 Å². The molecule has 6 nitrogen and oxygen atoms in total. The van der Waals surface area contributed by atoms with Crippen LogP contribution in [-0.2, 0) is 11.3 Å². The first-order valence-electron chi connectivity index (χ1n) is 7.91. The molecule has 1 aliphatic rings. The summed E-state index contributed by atoms with van der Waals surface area (Å²) in [5.41, 5.74) is 0.644. The van der Waals surface area contributed by atoms with Gasteiger partial charge >= 0.3 is 0 Å². The average Bonchev–Trinajstić information content (AvgIpc) is 3.14. The molecule has 7 heteroatoms. The number of rotatable bonds is 5. The molecular weight excluding hydrogens is 311 g/mol. The second-order valence-electron chi connectivity index (χ2n) is 6.19. The number of likely N-dealkylation sites (tertiary alicyclic amines) is 1. The highest BCUT2D eigenvalue weighted by molar-refractivity contribution is 5.90. The normalized spacial score (nSPS) is 21.0. The second-order valence-corrected chi connectivity index (χ2v) is 6.19. The van der Waals surface area contributed by atoms with Crippen molar-refractivity contribution in [2.24, 2.45) is 0 Å². The zero-order valence-electron chi connectivity index (χ0n) is 13.8. The molecule has 1 fully saturated rings. The van der Waals surface area contributed by atoms with Gasteiger partial charge in [0.2, 0.25) is 5.91 Å². The van der Waals surface area contributed by atoms with E-state index in [2.05, 4.69) is 20.7 Å².